The second kappa shape index (κ2) is 5.90. The molecule has 5 heteroatoms. The molecule has 0 unspecified atom stereocenters. The summed E-state index contributed by atoms with van der Waals surface area (Å²) in [6.45, 7) is 4.56. The number of carboxylic acids is 1. The van der Waals surface area contributed by atoms with Gasteiger partial charge in [0.15, 0.2) is 5.60 Å². The van der Waals surface area contributed by atoms with E-state index in [2.05, 4.69) is 0 Å². The third kappa shape index (κ3) is 5.57. The molecule has 0 saturated carbocycles. The minimum atomic E-state index is -1.15. The Balaban J connectivity index is 3.46. The maximum atomic E-state index is 10.6. The zero-order chi connectivity index (χ0) is 10.3. The third-order valence-electron chi connectivity index (χ3n) is 1.47. The zero-order valence-corrected chi connectivity index (χ0v) is 8.08. The Bertz CT molecular complexity index is 158. The summed E-state index contributed by atoms with van der Waals surface area (Å²) >= 11 is 0. The summed E-state index contributed by atoms with van der Waals surface area (Å²) in [5.41, 5.74) is 4.04. The van der Waals surface area contributed by atoms with Gasteiger partial charge in [-0.3, -0.25) is 0 Å². The zero-order valence-electron chi connectivity index (χ0n) is 8.08. The van der Waals surface area contributed by atoms with Crippen LogP contribution >= 0.6 is 0 Å². The minimum Gasteiger partial charge on any atom is -0.479 e. The van der Waals surface area contributed by atoms with Gasteiger partial charge in [-0.25, -0.2) is 4.79 Å². The molecule has 0 bridgehead atoms. The molecular formula is C8H17NO4. The SMILES string of the molecule is CC(C)(OCCOCCN)C(=O)O. The first-order valence-corrected chi connectivity index (χ1v) is 4.16. The van der Waals surface area contributed by atoms with E-state index >= 15 is 0 Å². The predicted molar refractivity (Wildman–Crippen MR) is 47.5 cm³/mol. The second-order valence-corrected chi connectivity index (χ2v) is 3.06. The number of rotatable bonds is 7. The third-order valence-corrected chi connectivity index (χ3v) is 1.47. The van der Waals surface area contributed by atoms with E-state index in [0.29, 0.717) is 19.8 Å². The standard InChI is InChI=1S/C8H17NO4/c1-8(2,7(10)11)13-6-5-12-4-3-9/h3-6,9H2,1-2H3,(H,10,11). The van der Waals surface area contributed by atoms with E-state index in [-0.39, 0.29) is 6.61 Å². The smallest absolute Gasteiger partial charge is 0.335 e. The molecule has 0 spiro atoms. The van der Waals surface area contributed by atoms with Crippen LogP contribution in [0.1, 0.15) is 13.8 Å². The molecule has 78 valence electrons. The summed E-state index contributed by atoms with van der Waals surface area (Å²) in [5.74, 6) is -0.980. The first-order valence-electron chi connectivity index (χ1n) is 4.16. The first-order chi connectivity index (χ1) is 6.00. The Morgan fingerprint density at radius 3 is 2.46 bits per heavy atom. The van der Waals surface area contributed by atoms with Crippen LogP contribution in [-0.2, 0) is 14.3 Å². The predicted octanol–water partition coefficient (Wildman–Crippen LogP) is -0.158. The van der Waals surface area contributed by atoms with Crippen molar-refractivity contribution < 1.29 is 19.4 Å². The van der Waals surface area contributed by atoms with Crippen molar-refractivity contribution in [2.45, 2.75) is 19.4 Å². The molecule has 0 aromatic heterocycles. The van der Waals surface area contributed by atoms with Gasteiger partial charge in [0.05, 0.1) is 19.8 Å². The highest BCUT2D eigenvalue weighted by atomic mass is 16.5. The van der Waals surface area contributed by atoms with Crippen LogP contribution in [0.15, 0.2) is 0 Å². The van der Waals surface area contributed by atoms with Crippen molar-refractivity contribution in [2.24, 2.45) is 5.73 Å². The monoisotopic (exact) mass is 191 g/mol. The quantitative estimate of drug-likeness (QED) is 0.546. The van der Waals surface area contributed by atoms with E-state index in [0.717, 1.165) is 0 Å². The fourth-order valence-electron chi connectivity index (χ4n) is 0.603. The van der Waals surface area contributed by atoms with Crippen molar-refractivity contribution in [1.29, 1.82) is 0 Å². The molecule has 0 aliphatic rings. The summed E-state index contributed by atoms with van der Waals surface area (Å²) in [5, 5.41) is 8.66. The highest BCUT2D eigenvalue weighted by Crippen LogP contribution is 2.08. The molecule has 0 radical (unpaired) electrons. The van der Waals surface area contributed by atoms with Crippen LogP contribution in [0.3, 0.4) is 0 Å². The molecule has 0 aliphatic carbocycles. The lowest BCUT2D eigenvalue weighted by atomic mass is 10.1. The van der Waals surface area contributed by atoms with Crippen LogP contribution in [0.5, 0.6) is 0 Å². The van der Waals surface area contributed by atoms with Gasteiger partial charge < -0.3 is 20.3 Å². The summed E-state index contributed by atoms with van der Waals surface area (Å²) in [6.07, 6.45) is 0. The van der Waals surface area contributed by atoms with Crippen LogP contribution in [0.2, 0.25) is 0 Å². The lowest BCUT2D eigenvalue weighted by Gasteiger charge is -2.19. The van der Waals surface area contributed by atoms with Gasteiger partial charge in [-0.15, -0.1) is 0 Å². The molecule has 5 nitrogen and oxygen atoms in total. The Morgan fingerprint density at radius 2 is 2.00 bits per heavy atom. The average Bonchev–Trinajstić information content (AvgIpc) is 2.03. The Hall–Kier alpha value is -0.650. The molecule has 0 aromatic carbocycles. The molecular weight excluding hydrogens is 174 g/mol. The van der Waals surface area contributed by atoms with Crippen LogP contribution in [-0.4, -0.2) is 43.0 Å². The van der Waals surface area contributed by atoms with Gasteiger partial charge in [-0.1, -0.05) is 0 Å². The summed E-state index contributed by atoms with van der Waals surface area (Å²) in [4.78, 5) is 10.6. The number of ether oxygens (including phenoxy) is 2. The fraction of sp³-hybridized carbons (Fsp3) is 0.875. The van der Waals surface area contributed by atoms with Crippen molar-refractivity contribution in [1.82, 2.24) is 0 Å². The normalized spacial score (nSPS) is 11.6. The molecule has 13 heavy (non-hydrogen) atoms. The van der Waals surface area contributed by atoms with Crippen LogP contribution < -0.4 is 5.73 Å². The van der Waals surface area contributed by atoms with Gasteiger partial charge in [-0.05, 0) is 13.8 Å². The number of carboxylic acid groups (broad SMARTS) is 1. The molecule has 0 aliphatic heterocycles. The summed E-state index contributed by atoms with van der Waals surface area (Å²) in [6, 6.07) is 0. The van der Waals surface area contributed by atoms with Crippen LogP contribution in [0, 0.1) is 0 Å². The number of nitrogens with two attached hydrogens (primary N) is 1. The molecule has 0 heterocycles. The molecule has 0 saturated heterocycles. The maximum Gasteiger partial charge on any atom is 0.335 e. The van der Waals surface area contributed by atoms with E-state index in [1.807, 2.05) is 0 Å². The molecule has 3 N–H and O–H groups in total. The largest absolute Gasteiger partial charge is 0.479 e. The van der Waals surface area contributed by atoms with Gasteiger partial charge >= 0.3 is 5.97 Å². The first kappa shape index (κ1) is 12.3. The number of hydrogen-bond donors (Lipinski definition) is 2. The molecule has 0 amide bonds. The van der Waals surface area contributed by atoms with E-state index < -0.39 is 11.6 Å². The second-order valence-electron chi connectivity index (χ2n) is 3.06. The van der Waals surface area contributed by atoms with Crippen molar-refractivity contribution in [2.75, 3.05) is 26.4 Å². The van der Waals surface area contributed by atoms with Crippen molar-refractivity contribution >= 4 is 5.97 Å². The highest BCUT2D eigenvalue weighted by molar-refractivity contribution is 5.76. The Morgan fingerprint density at radius 1 is 1.38 bits per heavy atom. The van der Waals surface area contributed by atoms with Crippen LogP contribution in [0.4, 0.5) is 0 Å². The van der Waals surface area contributed by atoms with Crippen LogP contribution in [0.25, 0.3) is 0 Å². The molecule has 0 fully saturated rings. The highest BCUT2D eigenvalue weighted by Gasteiger charge is 2.27. The number of carbonyl (C=O) groups is 1. The lowest BCUT2D eigenvalue weighted by molar-refractivity contribution is -0.162. The summed E-state index contributed by atoms with van der Waals surface area (Å²) in [7, 11) is 0. The van der Waals surface area contributed by atoms with Crippen molar-refractivity contribution in [3.63, 3.8) is 0 Å². The topological polar surface area (TPSA) is 81.8 Å². The Labute approximate surface area is 77.8 Å². The van der Waals surface area contributed by atoms with Gasteiger partial charge in [0.2, 0.25) is 0 Å². The fourth-order valence-corrected chi connectivity index (χ4v) is 0.603. The van der Waals surface area contributed by atoms with E-state index in [1.54, 1.807) is 0 Å². The van der Waals surface area contributed by atoms with E-state index in [4.69, 9.17) is 20.3 Å². The van der Waals surface area contributed by atoms with Gasteiger partial charge in [0.1, 0.15) is 0 Å². The molecule has 0 rings (SSSR count). The lowest BCUT2D eigenvalue weighted by Crippen LogP contribution is -2.35. The number of hydrogen-bond acceptors (Lipinski definition) is 4. The maximum absolute atomic E-state index is 10.6. The summed E-state index contributed by atoms with van der Waals surface area (Å²) < 4.78 is 10.1. The number of aliphatic carboxylic acids is 1. The van der Waals surface area contributed by atoms with Gasteiger partial charge in [0.25, 0.3) is 0 Å². The molecule has 0 aromatic rings. The minimum absolute atomic E-state index is 0.263. The molecule has 0 atom stereocenters. The van der Waals surface area contributed by atoms with Gasteiger partial charge in [0, 0.05) is 6.54 Å². The van der Waals surface area contributed by atoms with E-state index in [1.165, 1.54) is 13.8 Å². The van der Waals surface area contributed by atoms with Crippen molar-refractivity contribution in [3.05, 3.63) is 0 Å². The van der Waals surface area contributed by atoms with Crippen molar-refractivity contribution in [3.8, 4) is 0 Å². The van der Waals surface area contributed by atoms with E-state index in [9.17, 15) is 4.79 Å². The average molecular weight is 191 g/mol. The van der Waals surface area contributed by atoms with Gasteiger partial charge in [-0.2, -0.15) is 0 Å². The Kier molecular flexibility index (Phi) is 5.61.